The molecule has 0 fully saturated rings. The van der Waals surface area contributed by atoms with Gasteiger partial charge in [-0.05, 0) is 12.1 Å². The topological polar surface area (TPSA) is 64.3 Å². The molecule has 0 aliphatic rings. The summed E-state index contributed by atoms with van der Waals surface area (Å²) in [5, 5.41) is 6.89. The summed E-state index contributed by atoms with van der Waals surface area (Å²) in [6.45, 7) is 1.25. The number of hydrogen-bond donors (Lipinski definition) is 1. The summed E-state index contributed by atoms with van der Waals surface area (Å²) in [6.07, 6.45) is 5.48. The Labute approximate surface area is 99.3 Å². The van der Waals surface area contributed by atoms with Crippen LogP contribution >= 0.6 is 0 Å². The van der Waals surface area contributed by atoms with Gasteiger partial charge >= 0.3 is 0 Å². The number of nitrogens with zero attached hydrogens (tertiary/aromatic N) is 2. The minimum absolute atomic E-state index is 0.250. The van der Waals surface area contributed by atoms with Crippen molar-refractivity contribution in [3.8, 4) is 5.75 Å². The Morgan fingerprint density at radius 2 is 2.06 bits per heavy atom. The fraction of sp³-hybridized carbons (Fsp3) is 0.167. The van der Waals surface area contributed by atoms with E-state index in [4.69, 9.17) is 14.6 Å². The lowest BCUT2D eigenvalue weighted by Crippen LogP contribution is -2.06. The Balaban J connectivity index is 0.000000437. The second kappa shape index (κ2) is 7.92. The van der Waals surface area contributed by atoms with E-state index in [0.717, 1.165) is 12.3 Å². The zero-order chi connectivity index (χ0) is 12.3. The summed E-state index contributed by atoms with van der Waals surface area (Å²) in [6, 6.07) is 9.81. The average Bonchev–Trinajstić information content (AvgIpc) is 2.85. The minimum atomic E-state index is -0.250. The molecule has 0 aliphatic carbocycles. The van der Waals surface area contributed by atoms with Crippen molar-refractivity contribution in [1.82, 2.24) is 9.55 Å². The highest BCUT2D eigenvalue weighted by atomic mass is 16.5. The van der Waals surface area contributed by atoms with Crippen molar-refractivity contribution in [2.24, 2.45) is 0 Å². The maximum atomic E-state index is 8.36. The van der Waals surface area contributed by atoms with E-state index >= 15 is 0 Å². The fourth-order valence-electron chi connectivity index (χ4n) is 1.20. The fourth-order valence-corrected chi connectivity index (χ4v) is 1.20. The zero-order valence-corrected chi connectivity index (χ0v) is 9.27. The molecule has 1 aromatic carbocycles. The van der Waals surface area contributed by atoms with E-state index < -0.39 is 0 Å². The standard InChI is InChI=1S/C11H12N2O.CH2O2/c1-2-4-11(5-3-1)14-9-8-13-7-6-12-10-13;2-1-3/h1-7,10H,8-9H2;1H,(H,2,3). The summed E-state index contributed by atoms with van der Waals surface area (Å²) in [5.74, 6) is 0.910. The van der Waals surface area contributed by atoms with Crippen LogP contribution in [0, 0.1) is 0 Å². The van der Waals surface area contributed by atoms with Crippen LogP contribution in [0.3, 0.4) is 0 Å². The number of aromatic nitrogens is 2. The van der Waals surface area contributed by atoms with Gasteiger partial charge in [-0.15, -0.1) is 0 Å². The molecular weight excluding hydrogens is 220 g/mol. The van der Waals surface area contributed by atoms with Gasteiger partial charge in [0.25, 0.3) is 6.47 Å². The highest BCUT2D eigenvalue weighted by Gasteiger charge is 1.92. The van der Waals surface area contributed by atoms with Crippen molar-refractivity contribution in [3.05, 3.63) is 49.1 Å². The van der Waals surface area contributed by atoms with E-state index in [9.17, 15) is 0 Å². The number of rotatable bonds is 4. The normalized spacial score (nSPS) is 8.94. The molecule has 0 atom stereocenters. The monoisotopic (exact) mass is 234 g/mol. The summed E-state index contributed by atoms with van der Waals surface area (Å²) in [4.78, 5) is 12.3. The molecule has 0 amide bonds. The SMILES string of the molecule is O=CO.c1ccc(OCCn2ccnc2)cc1. The predicted octanol–water partition coefficient (Wildman–Crippen LogP) is 1.66. The summed E-state index contributed by atoms with van der Waals surface area (Å²) in [7, 11) is 0. The third kappa shape index (κ3) is 5.36. The molecule has 5 nitrogen and oxygen atoms in total. The molecule has 0 saturated heterocycles. The molecule has 1 aromatic heterocycles. The van der Waals surface area contributed by atoms with Crippen LogP contribution in [-0.2, 0) is 11.3 Å². The molecule has 0 radical (unpaired) electrons. The van der Waals surface area contributed by atoms with E-state index in [1.807, 2.05) is 41.1 Å². The molecule has 1 N–H and O–H groups in total. The predicted molar refractivity (Wildman–Crippen MR) is 62.9 cm³/mol. The molecule has 0 saturated carbocycles. The van der Waals surface area contributed by atoms with Gasteiger partial charge in [0, 0.05) is 12.4 Å². The van der Waals surface area contributed by atoms with Crippen LogP contribution in [-0.4, -0.2) is 27.7 Å². The van der Waals surface area contributed by atoms with Gasteiger partial charge in [0.15, 0.2) is 0 Å². The number of carboxylic acid groups (broad SMARTS) is 1. The van der Waals surface area contributed by atoms with E-state index in [2.05, 4.69) is 4.98 Å². The highest BCUT2D eigenvalue weighted by Crippen LogP contribution is 2.07. The van der Waals surface area contributed by atoms with E-state index in [-0.39, 0.29) is 6.47 Å². The molecule has 17 heavy (non-hydrogen) atoms. The molecule has 90 valence electrons. The quantitative estimate of drug-likeness (QED) is 0.817. The molecule has 5 heteroatoms. The second-order valence-electron chi connectivity index (χ2n) is 3.07. The van der Waals surface area contributed by atoms with Gasteiger partial charge in [-0.3, -0.25) is 4.79 Å². The smallest absolute Gasteiger partial charge is 0.290 e. The molecule has 1 heterocycles. The second-order valence-corrected chi connectivity index (χ2v) is 3.07. The largest absolute Gasteiger partial charge is 0.492 e. The maximum Gasteiger partial charge on any atom is 0.290 e. The van der Waals surface area contributed by atoms with Crippen molar-refractivity contribution in [2.75, 3.05) is 6.61 Å². The number of ether oxygens (including phenoxy) is 1. The first-order valence-electron chi connectivity index (χ1n) is 5.08. The van der Waals surface area contributed by atoms with Crippen LogP contribution in [0.5, 0.6) is 5.75 Å². The Bertz CT molecular complexity index is 401. The zero-order valence-electron chi connectivity index (χ0n) is 9.27. The first-order chi connectivity index (χ1) is 8.36. The Morgan fingerprint density at radius 3 is 2.65 bits per heavy atom. The first-order valence-corrected chi connectivity index (χ1v) is 5.08. The van der Waals surface area contributed by atoms with E-state index in [1.54, 1.807) is 12.5 Å². The Hall–Kier alpha value is -2.30. The lowest BCUT2D eigenvalue weighted by molar-refractivity contribution is -0.122. The third-order valence-electron chi connectivity index (χ3n) is 1.92. The van der Waals surface area contributed by atoms with E-state index in [1.165, 1.54) is 0 Å². The van der Waals surface area contributed by atoms with Gasteiger partial charge < -0.3 is 14.4 Å². The van der Waals surface area contributed by atoms with Crippen LogP contribution in [0.25, 0.3) is 0 Å². The first kappa shape index (κ1) is 12.8. The van der Waals surface area contributed by atoms with Gasteiger partial charge in [0.1, 0.15) is 12.4 Å². The number of para-hydroxylation sites is 1. The van der Waals surface area contributed by atoms with Crippen molar-refractivity contribution in [3.63, 3.8) is 0 Å². The Morgan fingerprint density at radius 1 is 1.35 bits per heavy atom. The summed E-state index contributed by atoms with van der Waals surface area (Å²) >= 11 is 0. The van der Waals surface area contributed by atoms with Gasteiger partial charge in [-0.2, -0.15) is 0 Å². The van der Waals surface area contributed by atoms with Crippen LogP contribution in [0.1, 0.15) is 0 Å². The minimum Gasteiger partial charge on any atom is -0.492 e. The van der Waals surface area contributed by atoms with Crippen LogP contribution in [0.4, 0.5) is 0 Å². The lowest BCUT2D eigenvalue weighted by atomic mass is 10.3. The summed E-state index contributed by atoms with van der Waals surface area (Å²) < 4.78 is 7.52. The number of carbonyl (C=O) groups is 1. The van der Waals surface area contributed by atoms with Crippen molar-refractivity contribution < 1.29 is 14.6 Å². The average molecular weight is 234 g/mol. The van der Waals surface area contributed by atoms with Crippen molar-refractivity contribution in [1.29, 1.82) is 0 Å². The van der Waals surface area contributed by atoms with Gasteiger partial charge in [-0.1, -0.05) is 18.2 Å². The molecule has 0 aliphatic heterocycles. The molecular formula is C12H14N2O3. The van der Waals surface area contributed by atoms with Crippen molar-refractivity contribution in [2.45, 2.75) is 6.54 Å². The third-order valence-corrected chi connectivity index (χ3v) is 1.92. The molecule has 2 aromatic rings. The summed E-state index contributed by atoms with van der Waals surface area (Å²) in [5.41, 5.74) is 0. The highest BCUT2D eigenvalue weighted by molar-refractivity contribution is 5.32. The van der Waals surface area contributed by atoms with Crippen molar-refractivity contribution >= 4 is 6.47 Å². The molecule has 2 rings (SSSR count). The van der Waals surface area contributed by atoms with E-state index in [0.29, 0.717) is 6.61 Å². The number of hydrogen-bond acceptors (Lipinski definition) is 3. The number of imidazole rings is 1. The van der Waals surface area contributed by atoms with Crippen LogP contribution < -0.4 is 4.74 Å². The maximum absolute atomic E-state index is 8.36. The van der Waals surface area contributed by atoms with Crippen LogP contribution in [0.2, 0.25) is 0 Å². The van der Waals surface area contributed by atoms with Gasteiger partial charge in [-0.25, -0.2) is 4.98 Å². The molecule has 0 spiro atoms. The van der Waals surface area contributed by atoms with Crippen LogP contribution in [0.15, 0.2) is 49.1 Å². The molecule has 0 unspecified atom stereocenters. The van der Waals surface area contributed by atoms with Gasteiger partial charge in [0.2, 0.25) is 0 Å². The number of benzene rings is 1. The Kier molecular flexibility index (Phi) is 5.95. The lowest BCUT2D eigenvalue weighted by Gasteiger charge is -2.05. The van der Waals surface area contributed by atoms with Gasteiger partial charge in [0.05, 0.1) is 12.9 Å². The molecule has 0 bridgehead atoms.